The van der Waals surface area contributed by atoms with Crippen LogP contribution in [0.3, 0.4) is 0 Å². The summed E-state index contributed by atoms with van der Waals surface area (Å²) in [5, 5.41) is 6.15. The van der Waals surface area contributed by atoms with Gasteiger partial charge in [0.15, 0.2) is 5.82 Å². The van der Waals surface area contributed by atoms with Gasteiger partial charge in [-0.2, -0.15) is 9.67 Å². The van der Waals surface area contributed by atoms with Crippen LogP contribution in [0.5, 0.6) is 6.01 Å². The summed E-state index contributed by atoms with van der Waals surface area (Å²) in [6.07, 6.45) is 0.408. The van der Waals surface area contributed by atoms with Crippen molar-refractivity contribution in [2.75, 3.05) is 0 Å². The average Bonchev–Trinajstić information content (AvgIpc) is 2.94. The molecule has 0 radical (unpaired) electrons. The molecule has 0 saturated carbocycles. The minimum absolute atomic E-state index is 0.0257. The first-order valence-corrected chi connectivity index (χ1v) is 7.56. The summed E-state index contributed by atoms with van der Waals surface area (Å²) in [6, 6.07) is 4.10. The fraction of sp³-hybridized carbons (Fsp3) is 0.500. The van der Waals surface area contributed by atoms with Crippen LogP contribution in [0.1, 0.15) is 38.9 Å². The van der Waals surface area contributed by atoms with Gasteiger partial charge in [0.25, 0.3) is 0 Å². The predicted octanol–water partition coefficient (Wildman–Crippen LogP) is 3.48. The van der Waals surface area contributed by atoms with E-state index in [9.17, 15) is 4.79 Å². The molecule has 0 aliphatic carbocycles. The van der Waals surface area contributed by atoms with Crippen molar-refractivity contribution in [1.82, 2.24) is 14.8 Å². The van der Waals surface area contributed by atoms with Gasteiger partial charge < -0.3 is 4.74 Å². The Kier molecular flexibility index (Phi) is 4.54. The first-order chi connectivity index (χ1) is 9.47. The van der Waals surface area contributed by atoms with E-state index in [1.807, 2.05) is 45.2 Å². The topological polar surface area (TPSA) is 57.0 Å². The lowest BCUT2D eigenvalue weighted by atomic mass is 10.1. The highest BCUT2D eigenvalue weighted by molar-refractivity contribution is 7.13. The van der Waals surface area contributed by atoms with Crippen LogP contribution in [0.4, 0.5) is 0 Å². The van der Waals surface area contributed by atoms with Gasteiger partial charge in [0.1, 0.15) is 0 Å². The van der Waals surface area contributed by atoms with Crippen molar-refractivity contribution < 1.29 is 9.53 Å². The van der Waals surface area contributed by atoms with Crippen molar-refractivity contribution in [3.63, 3.8) is 0 Å². The molecule has 0 atom stereocenters. The molecule has 0 saturated heterocycles. The van der Waals surface area contributed by atoms with Crippen LogP contribution in [-0.2, 0) is 0 Å². The highest BCUT2D eigenvalue weighted by Crippen LogP contribution is 2.25. The minimum atomic E-state index is -0.0606. The summed E-state index contributed by atoms with van der Waals surface area (Å²) in [4.78, 5) is 17.5. The number of nitrogens with zero attached hydrogens (tertiary/aromatic N) is 3. The monoisotopic (exact) mass is 293 g/mol. The van der Waals surface area contributed by atoms with E-state index in [4.69, 9.17) is 4.74 Å². The zero-order valence-corrected chi connectivity index (χ0v) is 13.0. The van der Waals surface area contributed by atoms with Crippen molar-refractivity contribution in [3.05, 3.63) is 17.5 Å². The molecular weight excluding hydrogens is 274 g/mol. The molecule has 2 heterocycles. The van der Waals surface area contributed by atoms with Crippen LogP contribution in [0, 0.1) is 5.92 Å². The molecule has 0 aliphatic rings. The fourth-order valence-electron chi connectivity index (χ4n) is 1.73. The van der Waals surface area contributed by atoms with Gasteiger partial charge in [-0.15, -0.1) is 16.4 Å². The molecule has 0 spiro atoms. The molecule has 5 nitrogen and oxygen atoms in total. The third kappa shape index (κ3) is 3.45. The van der Waals surface area contributed by atoms with Crippen LogP contribution >= 0.6 is 11.3 Å². The van der Waals surface area contributed by atoms with Gasteiger partial charge in [-0.25, -0.2) is 0 Å². The SMILES string of the molecule is CC(C)CC(=O)n1nc(OC(C)C)nc1-c1cccs1. The number of hydrogen-bond acceptors (Lipinski definition) is 5. The van der Waals surface area contributed by atoms with Crippen LogP contribution < -0.4 is 4.74 Å². The Hall–Kier alpha value is -1.69. The number of hydrogen-bond donors (Lipinski definition) is 0. The molecule has 6 heteroatoms. The van der Waals surface area contributed by atoms with Crippen molar-refractivity contribution in [3.8, 4) is 16.7 Å². The van der Waals surface area contributed by atoms with Gasteiger partial charge in [-0.1, -0.05) is 19.9 Å². The lowest BCUT2D eigenvalue weighted by molar-refractivity contribution is 0.0869. The molecule has 0 bridgehead atoms. The summed E-state index contributed by atoms with van der Waals surface area (Å²) >= 11 is 1.53. The maximum absolute atomic E-state index is 12.3. The van der Waals surface area contributed by atoms with Crippen molar-refractivity contribution in [1.29, 1.82) is 0 Å². The maximum atomic E-state index is 12.3. The van der Waals surface area contributed by atoms with Gasteiger partial charge >= 0.3 is 6.01 Å². The number of carbonyl (C=O) groups excluding carboxylic acids is 1. The Morgan fingerprint density at radius 1 is 1.40 bits per heavy atom. The molecule has 20 heavy (non-hydrogen) atoms. The third-order valence-corrected chi connectivity index (χ3v) is 3.36. The molecule has 0 aliphatic heterocycles. The zero-order valence-electron chi connectivity index (χ0n) is 12.2. The Morgan fingerprint density at radius 2 is 2.15 bits per heavy atom. The van der Waals surface area contributed by atoms with Crippen LogP contribution in [0.2, 0.25) is 0 Å². The summed E-state index contributed by atoms with van der Waals surface area (Å²) in [5.41, 5.74) is 0. The number of aromatic nitrogens is 3. The molecule has 2 rings (SSSR count). The highest BCUT2D eigenvalue weighted by Gasteiger charge is 2.20. The van der Waals surface area contributed by atoms with Gasteiger partial charge in [0, 0.05) is 6.42 Å². The number of rotatable bonds is 5. The second-order valence-corrected chi connectivity index (χ2v) is 6.21. The highest BCUT2D eigenvalue weighted by atomic mass is 32.1. The molecule has 0 amide bonds. The molecule has 2 aromatic heterocycles. The largest absolute Gasteiger partial charge is 0.460 e. The third-order valence-electron chi connectivity index (χ3n) is 2.49. The van der Waals surface area contributed by atoms with Crippen LogP contribution in [0.15, 0.2) is 17.5 Å². The number of ether oxygens (including phenoxy) is 1. The molecular formula is C14H19N3O2S. The summed E-state index contributed by atoms with van der Waals surface area (Å²) < 4.78 is 6.86. The first kappa shape index (κ1) is 14.7. The Bertz CT molecular complexity index is 573. The lowest BCUT2D eigenvalue weighted by Gasteiger charge is -2.05. The summed E-state index contributed by atoms with van der Waals surface area (Å²) in [7, 11) is 0. The second kappa shape index (κ2) is 6.17. The quantitative estimate of drug-likeness (QED) is 0.847. The maximum Gasteiger partial charge on any atom is 0.336 e. The van der Waals surface area contributed by atoms with E-state index in [-0.39, 0.29) is 23.9 Å². The first-order valence-electron chi connectivity index (χ1n) is 6.68. The second-order valence-electron chi connectivity index (χ2n) is 5.27. The molecule has 0 N–H and O–H groups in total. The van der Waals surface area contributed by atoms with Gasteiger partial charge in [-0.3, -0.25) is 4.79 Å². The van der Waals surface area contributed by atoms with E-state index in [1.165, 1.54) is 16.0 Å². The molecule has 108 valence electrons. The van der Waals surface area contributed by atoms with E-state index < -0.39 is 0 Å². The molecule has 2 aromatic rings. The van der Waals surface area contributed by atoms with E-state index in [1.54, 1.807) is 0 Å². The van der Waals surface area contributed by atoms with E-state index in [0.29, 0.717) is 12.2 Å². The fourth-order valence-corrected chi connectivity index (χ4v) is 2.43. The summed E-state index contributed by atoms with van der Waals surface area (Å²) in [6.45, 7) is 7.82. The van der Waals surface area contributed by atoms with Gasteiger partial charge in [-0.05, 0) is 31.2 Å². The number of carbonyl (C=O) groups is 1. The zero-order chi connectivity index (χ0) is 14.7. The van der Waals surface area contributed by atoms with E-state index >= 15 is 0 Å². The standard InChI is InChI=1S/C14H19N3O2S/c1-9(2)8-12(18)17-13(11-6-5-7-20-11)15-14(16-17)19-10(3)4/h5-7,9-10H,8H2,1-4H3. The minimum Gasteiger partial charge on any atom is -0.460 e. The Labute approximate surface area is 122 Å². The van der Waals surface area contributed by atoms with Crippen LogP contribution in [-0.4, -0.2) is 26.8 Å². The predicted molar refractivity (Wildman–Crippen MR) is 79.2 cm³/mol. The van der Waals surface area contributed by atoms with Gasteiger partial charge in [0.05, 0.1) is 11.0 Å². The van der Waals surface area contributed by atoms with Crippen molar-refractivity contribution in [2.45, 2.75) is 40.2 Å². The summed E-state index contributed by atoms with van der Waals surface area (Å²) in [5.74, 6) is 0.771. The van der Waals surface area contributed by atoms with Crippen LogP contribution in [0.25, 0.3) is 10.7 Å². The van der Waals surface area contributed by atoms with Gasteiger partial charge in [0.2, 0.25) is 5.91 Å². The normalized spacial score (nSPS) is 11.3. The smallest absolute Gasteiger partial charge is 0.336 e. The van der Waals surface area contributed by atoms with E-state index in [2.05, 4.69) is 10.1 Å². The lowest BCUT2D eigenvalue weighted by Crippen LogP contribution is -2.16. The number of thiophene rings is 1. The molecule has 0 unspecified atom stereocenters. The Morgan fingerprint density at radius 3 is 2.70 bits per heavy atom. The van der Waals surface area contributed by atoms with Crippen molar-refractivity contribution in [2.24, 2.45) is 5.92 Å². The average molecular weight is 293 g/mol. The van der Waals surface area contributed by atoms with E-state index in [0.717, 1.165) is 4.88 Å². The van der Waals surface area contributed by atoms with Crippen molar-refractivity contribution >= 4 is 17.2 Å². The molecule has 0 fully saturated rings. The Balaban J connectivity index is 2.37. The molecule has 0 aromatic carbocycles.